The van der Waals surface area contributed by atoms with Crippen molar-refractivity contribution in [3.05, 3.63) is 11.4 Å². The van der Waals surface area contributed by atoms with E-state index >= 15 is 0 Å². The van der Waals surface area contributed by atoms with Gasteiger partial charge in [0, 0.05) is 20.1 Å². The summed E-state index contributed by atoms with van der Waals surface area (Å²) in [4.78, 5) is 0.303. The van der Waals surface area contributed by atoms with E-state index in [1.54, 1.807) is 25.6 Å². The van der Waals surface area contributed by atoms with Crippen LogP contribution in [-0.4, -0.2) is 42.6 Å². The van der Waals surface area contributed by atoms with Gasteiger partial charge in [-0.05, 0) is 19.3 Å². The molecule has 1 aromatic rings. The largest absolute Gasteiger partial charge is 0.329 e. The fourth-order valence-corrected chi connectivity index (χ4v) is 4.06. The van der Waals surface area contributed by atoms with Gasteiger partial charge in [-0.25, -0.2) is 12.7 Å². The summed E-state index contributed by atoms with van der Waals surface area (Å²) in [5.74, 6) is 0. The minimum atomic E-state index is -3.52. The third-order valence-electron chi connectivity index (χ3n) is 3.02. The van der Waals surface area contributed by atoms with Crippen molar-refractivity contribution in [2.45, 2.75) is 46.1 Å². The summed E-state index contributed by atoms with van der Waals surface area (Å²) < 4.78 is 28.5. The van der Waals surface area contributed by atoms with Crippen LogP contribution < -0.4 is 5.73 Å². The first-order valence-electron chi connectivity index (χ1n) is 6.71. The highest BCUT2D eigenvalue weighted by Crippen LogP contribution is 2.25. The van der Waals surface area contributed by atoms with Gasteiger partial charge in [0.1, 0.15) is 4.90 Å². The second kappa shape index (κ2) is 5.83. The second-order valence-corrected chi connectivity index (χ2v) is 8.32. The maximum atomic E-state index is 12.7. The first-order chi connectivity index (χ1) is 9.00. The molecule has 0 radical (unpaired) electrons. The van der Waals surface area contributed by atoms with Gasteiger partial charge in [-0.2, -0.15) is 5.10 Å². The second-order valence-electron chi connectivity index (χ2n) is 6.33. The first-order valence-corrected chi connectivity index (χ1v) is 8.15. The maximum absolute atomic E-state index is 12.7. The first kappa shape index (κ1) is 17.1. The molecule has 1 heterocycles. The quantitative estimate of drug-likeness (QED) is 0.884. The molecule has 6 nitrogen and oxygen atoms in total. The Morgan fingerprint density at radius 2 is 1.85 bits per heavy atom. The number of nitrogens with zero attached hydrogens (tertiary/aromatic N) is 3. The fourth-order valence-electron chi connectivity index (χ4n) is 2.30. The summed E-state index contributed by atoms with van der Waals surface area (Å²) in [6.07, 6.45) is 0. The molecule has 0 aliphatic heterocycles. The Balaban J connectivity index is 3.22. The highest BCUT2D eigenvalue weighted by Gasteiger charge is 2.30. The topological polar surface area (TPSA) is 81.2 Å². The SMILES string of the molecule is Cc1nn(CCN)c(C)c1S(=O)(=O)N(C)CC(C)(C)C. The molecular formula is C13H26N4O2S. The molecule has 0 bridgehead atoms. The van der Waals surface area contributed by atoms with Gasteiger partial charge in [0.25, 0.3) is 0 Å². The van der Waals surface area contributed by atoms with Crippen LogP contribution in [0.1, 0.15) is 32.2 Å². The summed E-state index contributed by atoms with van der Waals surface area (Å²) >= 11 is 0. The van der Waals surface area contributed by atoms with Crippen molar-refractivity contribution >= 4 is 10.0 Å². The summed E-state index contributed by atoms with van der Waals surface area (Å²) in [6.45, 7) is 10.9. The van der Waals surface area contributed by atoms with Crippen LogP contribution in [0.3, 0.4) is 0 Å². The van der Waals surface area contributed by atoms with Crippen LogP contribution in [0.15, 0.2) is 4.90 Å². The van der Waals surface area contributed by atoms with Crippen molar-refractivity contribution in [1.29, 1.82) is 0 Å². The molecular weight excluding hydrogens is 276 g/mol. The van der Waals surface area contributed by atoms with Gasteiger partial charge in [0.15, 0.2) is 0 Å². The summed E-state index contributed by atoms with van der Waals surface area (Å²) in [5, 5.41) is 4.28. The van der Waals surface area contributed by atoms with E-state index in [0.29, 0.717) is 35.9 Å². The molecule has 0 saturated heterocycles. The van der Waals surface area contributed by atoms with Crippen molar-refractivity contribution in [3.63, 3.8) is 0 Å². The molecule has 0 aliphatic carbocycles. The van der Waals surface area contributed by atoms with Gasteiger partial charge in [-0.1, -0.05) is 20.8 Å². The molecule has 20 heavy (non-hydrogen) atoms. The van der Waals surface area contributed by atoms with E-state index in [1.165, 1.54) is 4.31 Å². The van der Waals surface area contributed by atoms with E-state index in [9.17, 15) is 8.42 Å². The molecule has 0 aromatic carbocycles. The zero-order valence-electron chi connectivity index (χ0n) is 13.3. The number of nitrogens with two attached hydrogens (primary N) is 1. The van der Waals surface area contributed by atoms with Crippen LogP contribution in [0.5, 0.6) is 0 Å². The van der Waals surface area contributed by atoms with Gasteiger partial charge in [0.05, 0.1) is 17.9 Å². The Labute approximate surface area is 122 Å². The number of aryl methyl sites for hydroxylation is 1. The molecule has 0 aliphatic rings. The van der Waals surface area contributed by atoms with E-state index in [4.69, 9.17) is 5.73 Å². The lowest BCUT2D eigenvalue weighted by atomic mass is 9.97. The van der Waals surface area contributed by atoms with E-state index in [2.05, 4.69) is 5.10 Å². The van der Waals surface area contributed by atoms with Crippen LogP contribution >= 0.6 is 0 Å². The Hall–Kier alpha value is -0.920. The molecule has 2 N–H and O–H groups in total. The smallest absolute Gasteiger partial charge is 0.246 e. The number of hydrogen-bond donors (Lipinski definition) is 1. The lowest BCUT2D eigenvalue weighted by molar-refractivity contribution is 0.310. The van der Waals surface area contributed by atoms with Crippen molar-refractivity contribution in [3.8, 4) is 0 Å². The van der Waals surface area contributed by atoms with E-state index in [-0.39, 0.29) is 5.41 Å². The Morgan fingerprint density at radius 3 is 2.30 bits per heavy atom. The van der Waals surface area contributed by atoms with Gasteiger partial charge in [-0.15, -0.1) is 0 Å². The Kier molecular flexibility index (Phi) is 4.99. The average Bonchev–Trinajstić information content (AvgIpc) is 2.52. The summed E-state index contributed by atoms with van der Waals surface area (Å²) in [5.41, 5.74) is 6.59. The van der Waals surface area contributed by atoms with Crippen LogP contribution in [-0.2, 0) is 16.6 Å². The van der Waals surface area contributed by atoms with Crippen LogP contribution in [0.2, 0.25) is 0 Å². The van der Waals surface area contributed by atoms with Crippen molar-refractivity contribution in [2.75, 3.05) is 20.1 Å². The molecule has 0 amide bonds. The van der Waals surface area contributed by atoms with Crippen molar-refractivity contribution < 1.29 is 8.42 Å². The predicted molar refractivity (Wildman–Crippen MR) is 80.0 cm³/mol. The molecule has 0 unspecified atom stereocenters. The van der Waals surface area contributed by atoms with E-state index < -0.39 is 10.0 Å². The minimum absolute atomic E-state index is 0.100. The van der Waals surface area contributed by atoms with Gasteiger partial charge < -0.3 is 5.73 Å². The van der Waals surface area contributed by atoms with Gasteiger partial charge >= 0.3 is 0 Å². The standard InChI is InChI=1S/C13H26N4O2S/c1-10-12(11(2)17(15-10)8-7-14)20(18,19)16(6)9-13(3,4)5/h7-9,14H2,1-6H3. The number of sulfonamides is 1. The number of hydrogen-bond acceptors (Lipinski definition) is 4. The highest BCUT2D eigenvalue weighted by atomic mass is 32.2. The Morgan fingerprint density at radius 1 is 1.30 bits per heavy atom. The minimum Gasteiger partial charge on any atom is -0.329 e. The summed E-state index contributed by atoms with van der Waals surface area (Å²) in [7, 11) is -1.91. The molecule has 116 valence electrons. The average molecular weight is 302 g/mol. The van der Waals surface area contributed by atoms with Gasteiger partial charge in [0.2, 0.25) is 10.0 Å². The molecule has 7 heteroatoms. The van der Waals surface area contributed by atoms with E-state index in [0.717, 1.165) is 0 Å². The van der Waals surface area contributed by atoms with Gasteiger partial charge in [-0.3, -0.25) is 4.68 Å². The molecule has 0 spiro atoms. The number of aromatic nitrogens is 2. The Bertz CT molecular complexity index is 570. The van der Waals surface area contributed by atoms with Crippen LogP contribution in [0.25, 0.3) is 0 Å². The van der Waals surface area contributed by atoms with Crippen molar-refractivity contribution in [1.82, 2.24) is 14.1 Å². The lowest BCUT2D eigenvalue weighted by Crippen LogP contribution is -2.35. The normalized spacial score (nSPS) is 13.2. The molecule has 0 atom stereocenters. The lowest BCUT2D eigenvalue weighted by Gasteiger charge is -2.26. The number of rotatable bonds is 5. The van der Waals surface area contributed by atoms with Crippen LogP contribution in [0, 0.1) is 19.3 Å². The third kappa shape index (κ3) is 3.59. The molecule has 1 aromatic heterocycles. The third-order valence-corrected chi connectivity index (χ3v) is 5.08. The summed E-state index contributed by atoms with van der Waals surface area (Å²) in [6, 6.07) is 0. The van der Waals surface area contributed by atoms with E-state index in [1.807, 2.05) is 20.8 Å². The maximum Gasteiger partial charge on any atom is 0.246 e. The predicted octanol–water partition coefficient (Wildman–Crippen LogP) is 1.13. The van der Waals surface area contributed by atoms with Crippen molar-refractivity contribution in [2.24, 2.45) is 11.1 Å². The molecule has 1 rings (SSSR count). The monoisotopic (exact) mass is 302 g/mol. The fraction of sp³-hybridized carbons (Fsp3) is 0.769. The zero-order valence-corrected chi connectivity index (χ0v) is 14.1. The molecule has 0 fully saturated rings. The zero-order chi connectivity index (χ0) is 15.7. The van der Waals surface area contributed by atoms with Crippen LogP contribution in [0.4, 0.5) is 0 Å². The highest BCUT2D eigenvalue weighted by molar-refractivity contribution is 7.89. The molecule has 0 saturated carbocycles.